The van der Waals surface area contributed by atoms with Gasteiger partial charge < -0.3 is 4.74 Å². The van der Waals surface area contributed by atoms with Gasteiger partial charge in [0.05, 0.1) is 6.61 Å². The molecule has 5 heteroatoms. The van der Waals surface area contributed by atoms with Crippen LogP contribution < -0.4 is 0 Å². The van der Waals surface area contributed by atoms with Crippen LogP contribution in [0.2, 0.25) is 0 Å². The van der Waals surface area contributed by atoms with Crippen LogP contribution in [0.5, 0.6) is 0 Å². The topological polar surface area (TPSA) is 67.9 Å². The van der Waals surface area contributed by atoms with E-state index in [0.717, 1.165) is 18.7 Å². The molecule has 0 amide bonds. The first kappa shape index (κ1) is 9.81. The maximum atomic E-state index is 11.8. The Bertz CT molecular complexity index is 419. The quantitative estimate of drug-likeness (QED) is 0.777. The molecule has 2 saturated carbocycles. The highest BCUT2D eigenvalue weighted by atomic mass is 16.5. The maximum absolute atomic E-state index is 11.8. The number of nitrogens with one attached hydrogen (secondary N) is 1. The molecule has 0 atom stereocenters. The van der Waals surface area contributed by atoms with Gasteiger partial charge in [0, 0.05) is 5.92 Å². The Balaban J connectivity index is 1.82. The lowest BCUT2D eigenvalue weighted by Gasteiger charge is -2.08. The van der Waals surface area contributed by atoms with Gasteiger partial charge in [-0.15, -0.1) is 0 Å². The van der Waals surface area contributed by atoms with E-state index in [1.807, 2.05) is 6.92 Å². The van der Waals surface area contributed by atoms with Gasteiger partial charge in [0.25, 0.3) is 0 Å². The maximum Gasteiger partial charge on any atom is 0.319 e. The number of aromatic amines is 1. The molecule has 86 valence electrons. The van der Waals surface area contributed by atoms with E-state index in [1.54, 1.807) is 0 Å². The third-order valence-electron chi connectivity index (χ3n) is 3.31. The molecule has 0 unspecified atom stereocenters. The highest BCUT2D eigenvalue weighted by Gasteiger charge is 2.56. The summed E-state index contributed by atoms with van der Waals surface area (Å²) in [5.74, 6) is 1.94. The average molecular weight is 221 g/mol. The van der Waals surface area contributed by atoms with Crippen LogP contribution in [0.4, 0.5) is 0 Å². The second-order valence-electron chi connectivity index (χ2n) is 4.62. The molecule has 5 nitrogen and oxygen atoms in total. The van der Waals surface area contributed by atoms with E-state index in [4.69, 9.17) is 4.74 Å². The van der Waals surface area contributed by atoms with Crippen molar-refractivity contribution in [1.29, 1.82) is 0 Å². The summed E-state index contributed by atoms with van der Waals surface area (Å²) in [4.78, 5) is 16.2. The summed E-state index contributed by atoms with van der Waals surface area (Å²) in [7, 11) is 0. The van der Waals surface area contributed by atoms with E-state index in [0.29, 0.717) is 18.3 Å². The first-order valence-corrected chi connectivity index (χ1v) is 5.86. The Morgan fingerprint density at radius 2 is 2.31 bits per heavy atom. The molecule has 0 saturated heterocycles. The standard InChI is InChI=1S/C11H15N3O2/c1-2-16-10(15)11(5-6-11)9-12-8(13-14-9)7-3-4-7/h7H,2-6H2,1H3,(H,12,13,14). The summed E-state index contributed by atoms with van der Waals surface area (Å²) in [6.07, 6.45) is 3.99. The van der Waals surface area contributed by atoms with Gasteiger partial charge in [0.15, 0.2) is 5.82 Å². The van der Waals surface area contributed by atoms with Crippen molar-refractivity contribution in [3.05, 3.63) is 11.6 Å². The number of ether oxygens (including phenoxy) is 1. The molecule has 16 heavy (non-hydrogen) atoms. The Hall–Kier alpha value is -1.39. The Kier molecular flexibility index (Phi) is 2.02. The molecule has 0 aliphatic heterocycles. The highest BCUT2D eigenvalue weighted by Crippen LogP contribution is 2.48. The van der Waals surface area contributed by atoms with Crippen molar-refractivity contribution in [3.63, 3.8) is 0 Å². The minimum absolute atomic E-state index is 0.170. The van der Waals surface area contributed by atoms with Crippen LogP contribution in [0.25, 0.3) is 0 Å². The number of H-pyrrole nitrogens is 1. The van der Waals surface area contributed by atoms with Crippen molar-refractivity contribution >= 4 is 5.97 Å². The van der Waals surface area contributed by atoms with Crippen molar-refractivity contribution in [3.8, 4) is 0 Å². The fraction of sp³-hybridized carbons (Fsp3) is 0.727. The third-order valence-corrected chi connectivity index (χ3v) is 3.31. The van der Waals surface area contributed by atoms with Crippen LogP contribution >= 0.6 is 0 Å². The molecule has 1 heterocycles. The molecule has 1 aromatic heterocycles. The van der Waals surface area contributed by atoms with Crippen molar-refractivity contribution in [2.45, 2.75) is 43.9 Å². The molecule has 2 aliphatic rings. The molecule has 0 aromatic carbocycles. The molecule has 0 radical (unpaired) electrons. The summed E-state index contributed by atoms with van der Waals surface area (Å²) >= 11 is 0. The molecule has 2 fully saturated rings. The fourth-order valence-electron chi connectivity index (χ4n) is 1.94. The van der Waals surface area contributed by atoms with Gasteiger partial charge in [0.1, 0.15) is 11.2 Å². The molecule has 1 aromatic rings. The van der Waals surface area contributed by atoms with E-state index >= 15 is 0 Å². The number of carbonyl (C=O) groups excluding carboxylic acids is 1. The molecule has 1 N–H and O–H groups in total. The second kappa shape index (κ2) is 3.30. The van der Waals surface area contributed by atoms with Crippen LogP contribution in [0.3, 0.4) is 0 Å². The van der Waals surface area contributed by atoms with Crippen molar-refractivity contribution in [2.24, 2.45) is 0 Å². The number of rotatable bonds is 4. The smallest absolute Gasteiger partial charge is 0.319 e. The Morgan fingerprint density at radius 1 is 1.56 bits per heavy atom. The average Bonchev–Trinajstić information content (AvgIpc) is 3.19. The van der Waals surface area contributed by atoms with E-state index in [9.17, 15) is 4.79 Å². The van der Waals surface area contributed by atoms with E-state index in [2.05, 4.69) is 15.2 Å². The Labute approximate surface area is 93.6 Å². The molecule has 2 aliphatic carbocycles. The lowest BCUT2D eigenvalue weighted by Crippen LogP contribution is -2.24. The van der Waals surface area contributed by atoms with E-state index in [1.165, 1.54) is 12.8 Å². The molecular weight excluding hydrogens is 206 g/mol. The van der Waals surface area contributed by atoms with Crippen LogP contribution in [0, 0.1) is 0 Å². The lowest BCUT2D eigenvalue weighted by molar-refractivity contribution is -0.146. The number of carbonyl (C=O) groups is 1. The van der Waals surface area contributed by atoms with Crippen molar-refractivity contribution < 1.29 is 9.53 Å². The number of nitrogens with zero attached hydrogens (tertiary/aromatic N) is 2. The summed E-state index contributed by atoms with van der Waals surface area (Å²) < 4.78 is 5.08. The van der Waals surface area contributed by atoms with Gasteiger partial charge in [-0.25, -0.2) is 4.98 Å². The fourth-order valence-corrected chi connectivity index (χ4v) is 1.94. The van der Waals surface area contributed by atoms with E-state index < -0.39 is 5.41 Å². The summed E-state index contributed by atoms with van der Waals surface area (Å²) in [6, 6.07) is 0. The first-order valence-electron chi connectivity index (χ1n) is 5.86. The van der Waals surface area contributed by atoms with Gasteiger partial charge in [-0.05, 0) is 32.6 Å². The van der Waals surface area contributed by atoms with Gasteiger partial charge in [0.2, 0.25) is 0 Å². The largest absolute Gasteiger partial charge is 0.465 e. The molecular formula is C11H15N3O2. The van der Waals surface area contributed by atoms with Crippen molar-refractivity contribution in [2.75, 3.05) is 6.61 Å². The number of hydrogen-bond acceptors (Lipinski definition) is 4. The highest BCUT2D eigenvalue weighted by molar-refractivity contribution is 5.85. The van der Waals surface area contributed by atoms with E-state index in [-0.39, 0.29) is 5.97 Å². The zero-order valence-corrected chi connectivity index (χ0v) is 9.32. The summed E-state index contributed by atoms with van der Waals surface area (Å²) in [5.41, 5.74) is -0.528. The SMILES string of the molecule is CCOC(=O)C1(c2n[nH]c(C3CC3)n2)CC1. The minimum Gasteiger partial charge on any atom is -0.465 e. The van der Waals surface area contributed by atoms with Gasteiger partial charge in [-0.3, -0.25) is 9.89 Å². The van der Waals surface area contributed by atoms with Gasteiger partial charge >= 0.3 is 5.97 Å². The number of esters is 1. The van der Waals surface area contributed by atoms with Crippen LogP contribution in [0.15, 0.2) is 0 Å². The molecule has 0 bridgehead atoms. The predicted octanol–water partition coefficient (Wildman–Crippen LogP) is 1.28. The van der Waals surface area contributed by atoms with Crippen LogP contribution in [-0.2, 0) is 14.9 Å². The van der Waals surface area contributed by atoms with Crippen molar-refractivity contribution in [1.82, 2.24) is 15.2 Å². The first-order chi connectivity index (χ1) is 7.76. The lowest BCUT2D eigenvalue weighted by atomic mass is 10.1. The third kappa shape index (κ3) is 1.42. The van der Waals surface area contributed by atoms with Crippen LogP contribution in [-0.4, -0.2) is 27.8 Å². The zero-order chi connectivity index (χ0) is 11.2. The zero-order valence-electron chi connectivity index (χ0n) is 9.32. The molecule has 0 spiro atoms. The minimum atomic E-state index is -0.528. The van der Waals surface area contributed by atoms with Gasteiger partial charge in [-0.2, -0.15) is 5.10 Å². The summed E-state index contributed by atoms with van der Waals surface area (Å²) in [5, 5.41) is 7.12. The number of hydrogen-bond donors (Lipinski definition) is 1. The predicted molar refractivity (Wildman–Crippen MR) is 55.9 cm³/mol. The van der Waals surface area contributed by atoms with Gasteiger partial charge in [-0.1, -0.05) is 0 Å². The molecule has 3 rings (SSSR count). The normalized spacial score (nSPS) is 21.8. The summed E-state index contributed by atoms with van der Waals surface area (Å²) in [6.45, 7) is 2.24. The second-order valence-corrected chi connectivity index (χ2v) is 4.62. The monoisotopic (exact) mass is 221 g/mol. The number of aromatic nitrogens is 3. The van der Waals surface area contributed by atoms with Crippen LogP contribution in [0.1, 0.15) is 50.2 Å². The Morgan fingerprint density at radius 3 is 2.88 bits per heavy atom.